The Bertz CT molecular complexity index is 1550. The number of anilines is 2. The summed E-state index contributed by atoms with van der Waals surface area (Å²) in [6, 6.07) is 5.42. The summed E-state index contributed by atoms with van der Waals surface area (Å²) >= 11 is 0. The predicted molar refractivity (Wildman–Crippen MR) is 156 cm³/mol. The topological polar surface area (TPSA) is 103 Å². The number of carbonyl (C=O) groups is 2. The number of amides is 2. The first-order valence-corrected chi connectivity index (χ1v) is 17.6. The second-order valence-electron chi connectivity index (χ2n) is 12.1. The number of pyridine rings is 1. The van der Waals surface area contributed by atoms with Crippen LogP contribution in [0.25, 0.3) is 11.0 Å². The summed E-state index contributed by atoms with van der Waals surface area (Å²) in [6.07, 6.45) is -4.21. The van der Waals surface area contributed by atoms with Crippen LogP contribution in [0.15, 0.2) is 24.3 Å². The summed E-state index contributed by atoms with van der Waals surface area (Å²) in [6.45, 7) is 9.60. The molecule has 0 aliphatic carbocycles. The number of halogens is 3. The van der Waals surface area contributed by atoms with Crippen molar-refractivity contribution in [2.24, 2.45) is 0 Å². The highest BCUT2D eigenvalue weighted by Gasteiger charge is 2.37. The van der Waals surface area contributed by atoms with Crippen LogP contribution in [0.5, 0.6) is 0 Å². The first-order valence-electron chi connectivity index (χ1n) is 13.9. The molecule has 0 radical (unpaired) electrons. The maximum absolute atomic E-state index is 14.2. The highest BCUT2D eigenvalue weighted by atomic mass is 28.3. The minimum Gasteiger partial charge on any atom is -0.383 e. The number of carbonyl (C=O) groups excluding carboxylic acids is 2. The normalized spacial score (nSPS) is 17.0. The quantitative estimate of drug-likeness (QED) is 0.281. The van der Waals surface area contributed by atoms with Gasteiger partial charge in [-0.05, 0) is 36.2 Å². The van der Waals surface area contributed by atoms with Crippen molar-refractivity contribution >= 4 is 42.4 Å². The number of hydrogen-bond acceptors (Lipinski definition) is 6. The highest BCUT2D eigenvalue weighted by molar-refractivity contribution is 6.76. The Morgan fingerprint density at radius 2 is 1.90 bits per heavy atom. The van der Waals surface area contributed by atoms with Crippen LogP contribution in [0, 0.1) is 0 Å². The molecule has 226 valence electrons. The first-order chi connectivity index (χ1) is 19.7. The van der Waals surface area contributed by atoms with Crippen molar-refractivity contribution in [2.75, 3.05) is 30.8 Å². The second kappa shape index (κ2) is 11.0. The monoisotopic (exact) mass is 603 g/mol. The fourth-order valence-electron chi connectivity index (χ4n) is 5.66. The van der Waals surface area contributed by atoms with E-state index in [4.69, 9.17) is 15.2 Å². The molecule has 0 fully saturated rings. The minimum atomic E-state index is -4.57. The number of nitrogens with zero attached hydrogens (tertiary/aromatic N) is 4. The predicted octanol–water partition coefficient (Wildman–Crippen LogP) is 5.55. The van der Waals surface area contributed by atoms with E-state index < -0.39 is 25.9 Å². The van der Waals surface area contributed by atoms with Gasteiger partial charge in [-0.25, -0.2) is 4.98 Å². The van der Waals surface area contributed by atoms with Crippen LogP contribution in [0.1, 0.15) is 52.1 Å². The summed E-state index contributed by atoms with van der Waals surface area (Å²) in [4.78, 5) is 33.9. The van der Waals surface area contributed by atoms with Crippen LogP contribution in [-0.2, 0) is 40.4 Å². The molecule has 1 unspecified atom stereocenters. The van der Waals surface area contributed by atoms with Gasteiger partial charge in [-0.3, -0.25) is 9.59 Å². The molecule has 2 amide bonds. The highest BCUT2D eigenvalue weighted by Crippen LogP contribution is 2.42. The van der Waals surface area contributed by atoms with Gasteiger partial charge < -0.3 is 29.6 Å². The van der Waals surface area contributed by atoms with E-state index in [1.54, 1.807) is 17.7 Å². The van der Waals surface area contributed by atoms with Crippen molar-refractivity contribution in [3.63, 3.8) is 0 Å². The second-order valence-corrected chi connectivity index (χ2v) is 17.8. The van der Waals surface area contributed by atoms with Gasteiger partial charge in [0.1, 0.15) is 18.2 Å². The van der Waals surface area contributed by atoms with E-state index in [2.05, 4.69) is 24.6 Å². The van der Waals surface area contributed by atoms with Crippen LogP contribution in [0.3, 0.4) is 0 Å². The van der Waals surface area contributed by atoms with Gasteiger partial charge in [0, 0.05) is 52.0 Å². The molecule has 5 rings (SSSR count). The van der Waals surface area contributed by atoms with Crippen molar-refractivity contribution < 1.29 is 32.2 Å². The van der Waals surface area contributed by atoms with Gasteiger partial charge in [-0.1, -0.05) is 25.7 Å². The van der Waals surface area contributed by atoms with E-state index in [9.17, 15) is 22.8 Å². The smallest absolute Gasteiger partial charge is 0.383 e. The van der Waals surface area contributed by atoms with Crippen molar-refractivity contribution in [1.29, 1.82) is 0 Å². The molecule has 2 N–H and O–H groups in total. The standard InChI is InChI=1S/C29H36F3N5O4Si/c1-17(38)36-9-8-23(19-7-6-18(12-24(19)36)29(30,31)32)35(2)28(39)25-13-22-26(20-14-41-15-21(20)27(33)34-22)37(25)16-40-10-11-42(3,4)5/h6-7,12-13,23H,8-11,14-16H2,1-5H3,(H2,33,34). The Hall–Kier alpha value is -3.42. The molecule has 0 saturated carbocycles. The van der Waals surface area contributed by atoms with Crippen LogP contribution >= 0.6 is 0 Å². The number of nitrogen functional groups attached to an aromatic ring is 1. The summed E-state index contributed by atoms with van der Waals surface area (Å²) in [5, 5.41) is 0. The lowest BCUT2D eigenvalue weighted by atomic mass is 9.93. The Kier molecular flexibility index (Phi) is 7.88. The summed E-state index contributed by atoms with van der Waals surface area (Å²) < 4.78 is 54.2. The molecule has 2 aliphatic rings. The number of benzene rings is 1. The van der Waals surface area contributed by atoms with Crippen LogP contribution < -0.4 is 10.6 Å². The van der Waals surface area contributed by atoms with E-state index in [1.165, 1.54) is 22.8 Å². The Morgan fingerprint density at radius 3 is 2.57 bits per heavy atom. The average Bonchev–Trinajstić information content (AvgIpc) is 3.53. The van der Waals surface area contributed by atoms with Gasteiger partial charge >= 0.3 is 6.18 Å². The lowest BCUT2D eigenvalue weighted by molar-refractivity contribution is -0.137. The zero-order valence-corrected chi connectivity index (χ0v) is 25.5. The molecular formula is C29H36F3N5O4Si. The Morgan fingerprint density at radius 1 is 1.19 bits per heavy atom. The third-order valence-corrected chi connectivity index (χ3v) is 9.71. The third kappa shape index (κ3) is 5.64. The van der Waals surface area contributed by atoms with E-state index in [-0.39, 0.29) is 30.8 Å². The number of hydrogen-bond donors (Lipinski definition) is 1. The van der Waals surface area contributed by atoms with Crippen molar-refractivity contribution in [3.05, 3.63) is 52.2 Å². The van der Waals surface area contributed by atoms with Crippen LogP contribution in [0.2, 0.25) is 25.7 Å². The van der Waals surface area contributed by atoms with Gasteiger partial charge in [0.25, 0.3) is 5.91 Å². The van der Waals surface area contributed by atoms with Crippen LogP contribution in [0.4, 0.5) is 24.7 Å². The lowest BCUT2D eigenvalue weighted by Crippen LogP contribution is -2.41. The molecule has 1 atom stereocenters. The molecule has 2 aromatic heterocycles. The van der Waals surface area contributed by atoms with E-state index in [0.717, 1.165) is 34.8 Å². The lowest BCUT2D eigenvalue weighted by Gasteiger charge is -2.38. The number of ether oxygens (including phenoxy) is 2. The third-order valence-electron chi connectivity index (χ3n) is 8.01. The molecule has 42 heavy (non-hydrogen) atoms. The van der Waals surface area contributed by atoms with Gasteiger partial charge in [0.2, 0.25) is 5.91 Å². The van der Waals surface area contributed by atoms with E-state index >= 15 is 0 Å². The zero-order valence-electron chi connectivity index (χ0n) is 24.5. The molecule has 0 saturated heterocycles. The number of nitrogens with two attached hydrogens (primary N) is 1. The van der Waals surface area contributed by atoms with Crippen molar-refractivity contribution in [2.45, 2.75) is 71.2 Å². The number of alkyl halides is 3. The van der Waals surface area contributed by atoms with Crippen LogP contribution in [-0.4, -0.2) is 54.5 Å². The molecule has 9 nitrogen and oxygen atoms in total. The Balaban J connectivity index is 1.54. The Labute approximate surface area is 243 Å². The largest absolute Gasteiger partial charge is 0.416 e. The number of rotatable bonds is 7. The molecule has 13 heteroatoms. The molecule has 2 aliphatic heterocycles. The van der Waals surface area contributed by atoms with Gasteiger partial charge in [-0.2, -0.15) is 13.2 Å². The summed E-state index contributed by atoms with van der Waals surface area (Å²) in [7, 11) is 0.273. The number of fused-ring (bicyclic) bond motifs is 4. The molecule has 3 aromatic rings. The fraction of sp³-hybridized carbons (Fsp3) is 0.483. The van der Waals surface area contributed by atoms with Gasteiger partial charge in [0.05, 0.1) is 35.9 Å². The molecule has 1 aromatic carbocycles. The van der Waals surface area contributed by atoms with Gasteiger partial charge in [-0.15, -0.1) is 0 Å². The van der Waals surface area contributed by atoms with E-state index in [1.807, 2.05) is 0 Å². The van der Waals surface area contributed by atoms with Crippen molar-refractivity contribution in [1.82, 2.24) is 14.5 Å². The molecule has 4 heterocycles. The SMILES string of the molecule is CC(=O)N1CCC(N(C)C(=O)c2cc3nc(N)c4c(c3n2COCC[Si](C)(C)C)COC4)c2ccc(C(F)(F)F)cc21. The van der Waals surface area contributed by atoms with Gasteiger partial charge in [0.15, 0.2) is 0 Å². The average molecular weight is 604 g/mol. The number of aromatic nitrogens is 2. The first kappa shape index (κ1) is 30.0. The molecule has 0 spiro atoms. The minimum absolute atomic E-state index is 0.120. The maximum Gasteiger partial charge on any atom is 0.416 e. The zero-order chi connectivity index (χ0) is 30.6. The van der Waals surface area contributed by atoms with E-state index in [0.29, 0.717) is 48.8 Å². The molecular weight excluding hydrogens is 567 g/mol. The summed E-state index contributed by atoms with van der Waals surface area (Å²) in [5.74, 6) is -0.358. The molecule has 0 bridgehead atoms. The maximum atomic E-state index is 14.2. The van der Waals surface area contributed by atoms with Crippen molar-refractivity contribution in [3.8, 4) is 0 Å². The summed E-state index contributed by atoms with van der Waals surface area (Å²) in [5.41, 5.74) is 9.27. The fourth-order valence-corrected chi connectivity index (χ4v) is 6.42.